The summed E-state index contributed by atoms with van der Waals surface area (Å²) in [6.07, 6.45) is 4.56. The number of amides is 1. The molecule has 1 saturated carbocycles. The van der Waals surface area contributed by atoms with Gasteiger partial charge in [0, 0.05) is 60.8 Å². The van der Waals surface area contributed by atoms with Crippen LogP contribution < -0.4 is 10.3 Å². The number of aromatic nitrogens is 1. The van der Waals surface area contributed by atoms with Crippen molar-refractivity contribution in [3.8, 4) is 0 Å². The van der Waals surface area contributed by atoms with Crippen LogP contribution in [0.2, 0.25) is 0 Å². The summed E-state index contributed by atoms with van der Waals surface area (Å²) in [6.45, 7) is 10.3. The van der Waals surface area contributed by atoms with Gasteiger partial charge >= 0.3 is 5.97 Å². The van der Waals surface area contributed by atoms with Gasteiger partial charge in [0.1, 0.15) is 11.4 Å². The lowest BCUT2D eigenvalue weighted by atomic mass is 9.74. The highest BCUT2D eigenvalue weighted by molar-refractivity contribution is 5.93. The number of aromatic carboxylic acids is 1. The van der Waals surface area contributed by atoms with Crippen LogP contribution in [0.1, 0.15) is 69.8 Å². The quantitative estimate of drug-likeness (QED) is 0.633. The van der Waals surface area contributed by atoms with E-state index in [9.17, 15) is 19.5 Å². The SMILES string of the molecule is CON1C(C)(C)CC(C(=O)N2CCN(c3cc4c(cc3F)c(=O)c(C(=O)O)cn4C3CC3)CC2)CC1(C)C. The second-order valence-corrected chi connectivity index (χ2v) is 12.2. The molecule has 1 aromatic carbocycles. The van der Waals surface area contributed by atoms with E-state index < -0.39 is 17.2 Å². The number of anilines is 1. The molecule has 3 heterocycles. The van der Waals surface area contributed by atoms with E-state index in [-0.39, 0.29) is 39.9 Å². The number of hydrogen-bond acceptors (Lipinski definition) is 6. The van der Waals surface area contributed by atoms with E-state index in [4.69, 9.17) is 4.84 Å². The second kappa shape index (κ2) is 9.34. The molecule has 2 aromatic rings. The highest BCUT2D eigenvalue weighted by Crippen LogP contribution is 2.42. The number of nitrogens with zero attached hydrogens (tertiary/aromatic N) is 4. The topological polar surface area (TPSA) is 95.3 Å². The molecular weight excluding hydrogens is 491 g/mol. The maximum absolute atomic E-state index is 15.3. The molecule has 0 spiro atoms. The third kappa shape index (κ3) is 4.58. The average molecular weight is 529 g/mol. The van der Waals surface area contributed by atoms with Crippen molar-refractivity contribution in [2.75, 3.05) is 38.2 Å². The molecule has 0 radical (unpaired) electrons. The zero-order chi connectivity index (χ0) is 27.6. The molecule has 1 aromatic heterocycles. The van der Waals surface area contributed by atoms with Crippen molar-refractivity contribution in [1.82, 2.24) is 14.5 Å². The van der Waals surface area contributed by atoms with Gasteiger partial charge in [0.2, 0.25) is 11.3 Å². The van der Waals surface area contributed by atoms with Crippen molar-refractivity contribution in [1.29, 1.82) is 0 Å². The molecule has 2 saturated heterocycles. The summed E-state index contributed by atoms with van der Waals surface area (Å²) in [5, 5.41) is 11.5. The van der Waals surface area contributed by atoms with Gasteiger partial charge in [0.25, 0.3) is 0 Å². The van der Waals surface area contributed by atoms with Crippen LogP contribution in [0.25, 0.3) is 10.9 Å². The molecule has 2 aliphatic heterocycles. The van der Waals surface area contributed by atoms with Gasteiger partial charge in [0.15, 0.2) is 0 Å². The number of benzene rings is 1. The summed E-state index contributed by atoms with van der Waals surface area (Å²) in [4.78, 5) is 47.4. The fourth-order valence-corrected chi connectivity index (χ4v) is 6.77. The summed E-state index contributed by atoms with van der Waals surface area (Å²) in [5.74, 6) is -1.86. The summed E-state index contributed by atoms with van der Waals surface area (Å²) in [5.41, 5.74) is -0.666. The first-order chi connectivity index (χ1) is 17.8. The van der Waals surface area contributed by atoms with Gasteiger partial charge < -0.3 is 24.3 Å². The fourth-order valence-electron chi connectivity index (χ4n) is 6.77. The Balaban J connectivity index is 1.36. The zero-order valence-corrected chi connectivity index (χ0v) is 22.8. The first kappa shape index (κ1) is 26.6. The Morgan fingerprint density at radius 2 is 1.63 bits per heavy atom. The predicted molar refractivity (Wildman–Crippen MR) is 142 cm³/mol. The van der Waals surface area contributed by atoms with Crippen molar-refractivity contribution in [2.45, 2.75) is 70.5 Å². The molecule has 1 amide bonds. The number of hydroxylamine groups is 2. The zero-order valence-electron chi connectivity index (χ0n) is 22.8. The van der Waals surface area contributed by atoms with Crippen LogP contribution in [0.5, 0.6) is 0 Å². The molecule has 0 atom stereocenters. The van der Waals surface area contributed by atoms with Crippen molar-refractivity contribution < 1.29 is 23.9 Å². The molecular formula is C28H37FN4O5. The Bertz CT molecular complexity index is 1320. The van der Waals surface area contributed by atoms with Crippen molar-refractivity contribution in [3.05, 3.63) is 39.9 Å². The first-order valence-electron chi connectivity index (χ1n) is 13.3. The number of carbonyl (C=O) groups excluding carboxylic acids is 1. The van der Waals surface area contributed by atoms with Crippen LogP contribution in [0.3, 0.4) is 0 Å². The lowest BCUT2D eigenvalue weighted by Crippen LogP contribution is -2.62. The van der Waals surface area contributed by atoms with Crippen LogP contribution in [-0.4, -0.2) is 75.9 Å². The highest BCUT2D eigenvalue weighted by atomic mass is 19.1. The maximum atomic E-state index is 15.3. The van der Waals surface area contributed by atoms with Gasteiger partial charge in [0.05, 0.1) is 18.3 Å². The Morgan fingerprint density at radius 3 is 2.16 bits per heavy atom. The summed E-state index contributed by atoms with van der Waals surface area (Å²) in [7, 11) is 1.67. The van der Waals surface area contributed by atoms with Gasteiger partial charge in [-0.3, -0.25) is 9.59 Å². The fraction of sp³-hybridized carbons (Fsp3) is 0.607. The van der Waals surface area contributed by atoms with Gasteiger partial charge in [-0.2, -0.15) is 5.06 Å². The van der Waals surface area contributed by atoms with Crippen LogP contribution >= 0.6 is 0 Å². The van der Waals surface area contributed by atoms with Crippen molar-refractivity contribution in [3.63, 3.8) is 0 Å². The Hall–Kier alpha value is -2.98. The van der Waals surface area contributed by atoms with Gasteiger partial charge in [-0.1, -0.05) is 0 Å². The minimum absolute atomic E-state index is 0.0829. The summed E-state index contributed by atoms with van der Waals surface area (Å²) in [6, 6.07) is 2.95. The molecule has 206 valence electrons. The minimum Gasteiger partial charge on any atom is -0.477 e. The van der Waals surface area contributed by atoms with E-state index in [1.165, 1.54) is 12.3 Å². The molecule has 3 aliphatic rings. The van der Waals surface area contributed by atoms with Crippen LogP contribution in [0.4, 0.5) is 10.1 Å². The molecule has 9 nitrogen and oxygen atoms in total. The smallest absolute Gasteiger partial charge is 0.341 e. The number of piperazine rings is 1. The molecule has 38 heavy (non-hydrogen) atoms. The number of carboxylic acids is 1. The summed E-state index contributed by atoms with van der Waals surface area (Å²) >= 11 is 0. The van der Waals surface area contributed by atoms with Gasteiger partial charge in [-0.25, -0.2) is 9.18 Å². The number of pyridine rings is 1. The number of hydrogen-bond donors (Lipinski definition) is 1. The van der Waals surface area contributed by atoms with Crippen LogP contribution in [0.15, 0.2) is 23.1 Å². The Morgan fingerprint density at radius 1 is 1.03 bits per heavy atom. The predicted octanol–water partition coefficient (Wildman–Crippen LogP) is 3.65. The first-order valence-corrected chi connectivity index (χ1v) is 13.3. The van der Waals surface area contributed by atoms with Crippen LogP contribution in [-0.2, 0) is 9.63 Å². The summed E-state index contributed by atoms with van der Waals surface area (Å²) < 4.78 is 17.1. The normalized spacial score (nSPS) is 22.2. The molecule has 3 fully saturated rings. The standard InChI is InChI=1S/C28H37FN4O5/c1-27(2)14-17(15-28(3,4)33(27)38-5)25(35)31-10-8-30(9-11-31)23-13-22-19(12-21(23)29)24(34)20(26(36)37)16-32(22)18-6-7-18/h12-13,16-18H,6-11,14-15H2,1-5H3,(H,36,37). The lowest BCUT2D eigenvalue weighted by molar-refractivity contribution is -0.271. The number of fused-ring (bicyclic) bond motifs is 1. The Kier molecular flexibility index (Phi) is 6.54. The number of piperidine rings is 1. The molecule has 1 aliphatic carbocycles. The molecule has 0 bridgehead atoms. The van der Waals surface area contributed by atoms with Gasteiger partial charge in [-0.05, 0) is 65.5 Å². The minimum atomic E-state index is -1.31. The molecule has 5 rings (SSSR count). The number of carboxylic acid groups (broad SMARTS) is 1. The largest absolute Gasteiger partial charge is 0.477 e. The van der Waals surface area contributed by atoms with E-state index in [2.05, 4.69) is 27.7 Å². The number of halogens is 1. The number of rotatable bonds is 5. The van der Waals surface area contributed by atoms with Crippen LogP contribution in [0, 0.1) is 11.7 Å². The molecule has 10 heteroatoms. The van der Waals surface area contributed by atoms with E-state index in [0.717, 1.165) is 12.8 Å². The van der Waals surface area contributed by atoms with Crippen molar-refractivity contribution >= 4 is 28.5 Å². The third-order valence-electron chi connectivity index (χ3n) is 8.33. The van der Waals surface area contributed by atoms with Crippen molar-refractivity contribution in [2.24, 2.45) is 5.92 Å². The molecule has 1 N–H and O–H groups in total. The lowest BCUT2D eigenvalue weighted by Gasteiger charge is -2.53. The van der Waals surface area contributed by atoms with E-state index in [1.807, 2.05) is 14.9 Å². The van der Waals surface area contributed by atoms with E-state index in [1.54, 1.807) is 17.7 Å². The second-order valence-electron chi connectivity index (χ2n) is 12.2. The monoisotopic (exact) mass is 528 g/mol. The Labute approximate surface area is 221 Å². The van der Waals surface area contributed by atoms with Gasteiger partial charge in [-0.15, -0.1) is 0 Å². The number of carbonyl (C=O) groups is 2. The maximum Gasteiger partial charge on any atom is 0.341 e. The van der Waals surface area contributed by atoms with E-state index in [0.29, 0.717) is 50.2 Å². The highest BCUT2D eigenvalue weighted by Gasteiger charge is 2.49. The van der Waals surface area contributed by atoms with E-state index >= 15 is 4.39 Å². The molecule has 0 unspecified atom stereocenters. The average Bonchev–Trinajstić information content (AvgIpc) is 3.68. The third-order valence-corrected chi connectivity index (χ3v) is 8.33.